The summed E-state index contributed by atoms with van der Waals surface area (Å²) >= 11 is 6.19. The standard InChI is InChI=1S/C19H24ClN3O/c1-14(2)12-21-13-18(24)23-10-9-22-8-4-7-17(22)19(23)15-5-3-6-16(20)11-15/h3-8,11,14,19,21H,9-10,12-13H2,1-2H3. The predicted molar refractivity (Wildman–Crippen MR) is 97.1 cm³/mol. The van der Waals surface area contributed by atoms with Gasteiger partial charge in [-0.2, -0.15) is 0 Å². The van der Waals surface area contributed by atoms with Gasteiger partial charge in [0.2, 0.25) is 5.91 Å². The lowest BCUT2D eigenvalue weighted by Gasteiger charge is -2.37. The molecule has 2 heterocycles. The second-order valence-corrected chi connectivity index (χ2v) is 7.13. The lowest BCUT2D eigenvalue weighted by Crippen LogP contribution is -2.46. The van der Waals surface area contributed by atoms with Crippen molar-refractivity contribution < 1.29 is 4.79 Å². The average molecular weight is 346 g/mol. The second-order valence-electron chi connectivity index (χ2n) is 6.70. The molecule has 1 aliphatic rings. The van der Waals surface area contributed by atoms with Crippen molar-refractivity contribution in [3.05, 3.63) is 58.9 Å². The fourth-order valence-corrected chi connectivity index (χ4v) is 3.45. The molecular weight excluding hydrogens is 322 g/mol. The van der Waals surface area contributed by atoms with Gasteiger partial charge in [-0.15, -0.1) is 0 Å². The van der Waals surface area contributed by atoms with Crippen molar-refractivity contribution in [2.24, 2.45) is 5.92 Å². The molecule has 0 bridgehead atoms. The highest BCUT2D eigenvalue weighted by atomic mass is 35.5. The maximum atomic E-state index is 12.8. The Bertz CT molecular complexity index is 710. The minimum absolute atomic E-state index is 0.0826. The number of fused-ring (bicyclic) bond motifs is 1. The van der Waals surface area contributed by atoms with Crippen LogP contribution in [0.5, 0.6) is 0 Å². The molecule has 24 heavy (non-hydrogen) atoms. The highest BCUT2D eigenvalue weighted by Gasteiger charge is 2.31. The minimum Gasteiger partial charge on any atom is -0.348 e. The van der Waals surface area contributed by atoms with Crippen LogP contribution in [0.1, 0.15) is 31.1 Å². The minimum atomic E-state index is -0.0826. The number of nitrogens with zero attached hydrogens (tertiary/aromatic N) is 2. The zero-order valence-electron chi connectivity index (χ0n) is 14.2. The van der Waals surface area contributed by atoms with Gasteiger partial charge in [0, 0.05) is 30.0 Å². The topological polar surface area (TPSA) is 37.3 Å². The number of halogens is 1. The number of benzene rings is 1. The van der Waals surface area contributed by atoms with Crippen molar-refractivity contribution in [3.8, 4) is 0 Å². The van der Waals surface area contributed by atoms with E-state index in [0.717, 1.165) is 24.3 Å². The van der Waals surface area contributed by atoms with Gasteiger partial charge in [-0.3, -0.25) is 4.79 Å². The van der Waals surface area contributed by atoms with E-state index in [1.807, 2.05) is 35.2 Å². The summed E-state index contributed by atoms with van der Waals surface area (Å²) in [6, 6.07) is 11.9. The van der Waals surface area contributed by atoms with Gasteiger partial charge in [0.15, 0.2) is 0 Å². The number of aromatic nitrogens is 1. The van der Waals surface area contributed by atoms with Crippen LogP contribution in [0.25, 0.3) is 0 Å². The summed E-state index contributed by atoms with van der Waals surface area (Å²) < 4.78 is 2.22. The van der Waals surface area contributed by atoms with Crippen LogP contribution >= 0.6 is 11.6 Å². The number of hydrogen-bond acceptors (Lipinski definition) is 2. The van der Waals surface area contributed by atoms with Gasteiger partial charge in [-0.1, -0.05) is 37.6 Å². The van der Waals surface area contributed by atoms with Gasteiger partial charge in [0.25, 0.3) is 0 Å². The van der Waals surface area contributed by atoms with Gasteiger partial charge >= 0.3 is 0 Å². The maximum Gasteiger partial charge on any atom is 0.237 e. The third-order valence-corrected chi connectivity index (χ3v) is 4.59. The van der Waals surface area contributed by atoms with Crippen LogP contribution in [0.15, 0.2) is 42.6 Å². The Morgan fingerprint density at radius 2 is 2.12 bits per heavy atom. The van der Waals surface area contributed by atoms with E-state index in [4.69, 9.17) is 11.6 Å². The fourth-order valence-electron chi connectivity index (χ4n) is 3.25. The summed E-state index contributed by atoms with van der Waals surface area (Å²) in [5, 5.41) is 3.95. The van der Waals surface area contributed by atoms with Crippen molar-refractivity contribution in [1.82, 2.24) is 14.8 Å². The lowest BCUT2D eigenvalue weighted by atomic mass is 10.00. The van der Waals surface area contributed by atoms with Gasteiger partial charge in [-0.05, 0) is 42.3 Å². The Morgan fingerprint density at radius 1 is 1.29 bits per heavy atom. The molecule has 3 rings (SSSR count). The number of amides is 1. The van der Waals surface area contributed by atoms with Crippen molar-refractivity contribution in [2.45, 2.75) is 26.4 Å². The zero-order valence-corrected chi connectivity index (χ0v) is 15.0. The molecule has 1 aliphatic heterocycles. The first-order valence-corrected chi connectivity index (χ1v) is 8.84. The Morgan fingerprint density at radius 3 is 2.88 bits per heavy atom. The molecule has 1 aromatic heterocycles. The molecule has 2 aromatic rings. The van der Waals surface area contributed by atoms with Crippen LogP contribution in [-0.4, -0.2) is 35.0 Å². The van der Waals surface area contributed by atoms with Gasteiger partial charge in [0.05, 0.1) is 12.6 Å². The quantitative estimate of drug-likeness (QED) is 0.902. The number of hydrogen-bond donors (Lipinski definition) is 1. The van der Waals surface area contributed by atoms with Crippen LogP contribution < -0.4 is 5.32 Å². The largest absolute Gasteiger partial charge is 0.348 e. The molecule has 1 N–H and O–H groups in total. The Balaban J connectivity index is 1.86. The molecule has 1 amide bonds. The molecule has 1 atom stereocenters. The van der Waals surface area contributed by atoms with E-state index in [0.29, 0.717) is 24.0 Å². The molecule has 128 valence electrons. The van der Waals surface area contributed by atoms with E-state index in [9.17, 15) is 4.79 Å². The molecule has 1 aromatic carbocycles. The van der Waals surface area contributed by atoms with Crippen LogP contribution in [0.3, 0.4) is 0 Å². The summed E-state index contributed by atoms with van der Waals surface area (Å²) in [6.07, 6.45) is 2.08. The van der Waals surface area contributed by atoms with Gasteiger partial charge in [-0.25, -0.2) is 0 Å². The van der Waals surface area contributed by atoms with Crippen molar-refractivity contribution >= 4 is 17.5 Å². The number of rotatable bonds is 5. The normalized spacial score (nSPS) is 17.2. The molecule has 5 heteroatoms. The van der Waals surface area contributed by atoms with E-state index in [1.165, 1.54) is 0 Å². The van der Waals surface area contributed by atoms with Crippen molar-refractivity contribution in [1.29, 1.82) is 0 Å². The van der Waals surface area contributed by atoms with Crippen LogP contribution in [0, 0.1) is 5.92 Å². The molecule has 0 aliphatic carbocycles. The third-order valence-electron chi connectivity index (χ3n) is 4.35. The fraction of sp³-hybridized carbons (Fsp3) is 0.421. The summed E-state index contributed by atoms with van der Waals surface area (Å²) in [7, 11) is 0. The molecule has 0 spiro atoms. The summed E-state index contributed by atoms with van der Waals surface area (Å²) in [6.45, 7) is 7.03. The molecule has 0 saturated carbocycles. The van der Waals surface area contributed by atoms with Gasteiger partial charge in [0.1, 0.15) is 0 Å². The third kappa shape index (κ3) is 3.65. The second kappa shape index (κ2) is 7.41. The van der Waals surface area contributed by atoms with E-state index in [1.54, 1.807) is 0 Å². The summed E-state index contributed by atoms with van der Waals surface area (Å²) in [5.41, 5.74) is 2.19. The smallest absolute Gasteiger partial charge is 0.237 e. The molecule has 0 fully saturated rings. The summed E-state index contributed by atoms with van der Waals surface area (Å²) in [5.74, 6) is 0.660. The van der Waals surface area contributed by atoms with Gasteiger partial charge < -0.3 is 14.8 Å². The van der Waals surface area contributed by atoms with E-state index >= 15 is 0 Å². The Kier molecular flexibility index (Phi) is 5.27. The van der Waals surface area contributed by atoms with Crippen molar-refractivity contribution in [2.75, 3.05) is 19.6 Å². The molecule has 4 nitrogen and oxygen atoms in total. The van der Waals surface area contributed by atoms with Crippen LogP contribution in [-0.2, 0) is 11.3 Å². The highest BCUT2D eigenvalue weighted by molar-refractivity contribution is 6.30. The number of nitrogens with one attached hydrogen (secondary N) is 1. The Labute approximate surface area is 148 Å². The Hall–Kier alpha value is -1.78. The van der Waals surface area contributed by atoms with Crippen molar-refractivity contribution in [3.63, 3.8) is 0 Å². The van der Waals surface area contributed by atoms with E-state index in [2.05, 4.69) is 36.0 Å². The molecule has 0 saturated heterocycles. The predicted octanol–water partition coefficient (Wildman–Crippen LogP) is 3.32. The van der Waals surface area contributed by atoms with E-state index in [-0.39, 0.29) is 11.9 Å². The number of carbonyl (C=O) groups excluding carboxylic acids is 1. The lowest BCUT2D eigenvalue weighted by molar-refractivity contribution is -0.132. The average Bonchev–Trinajstić information content (AvgIpc) is 3.01. The zero-order chi connectivity index (χ0) is 17.1. The van der Waals surface area contributed by atoms with Crippen LogP contribution in [0.2, 0.25) is 5.02 Å². The summed E-state index contributed by atoms with van der Waals surface area (Å²) in [4.78, 5) is 14.8. The maximum absolute atomic E-state index is 12.8. The first-order valence-electron chi connectivity index (χ1n) is 8.47. The molecular formula is C19H24ClN3O. The first kappa shape index (κ1) is 17.1. The number of carbonyl (C=O) groups is 1. The molecule has 0 radical (unpaired) electrons. The monoisotopic (exact) mass is 345 g/mol. The first-order chi connectivity index (χ1) is 11.6. The SMILES string of the molecule is CC(C)CNCC(=O)N1CCn2cccc2C1c1cccc(Cl)c1. The highest BCUT2D eigenvalue weighted by Crippen LogP contribution is 2.33. The molecule has 1 unspecified atom stereocenters. The van der Waals surface area contributed by atoms with E-state index < -0.39 is 0 Å². The van der Waals surface area contributed by atoms with Crippen LogP contribution in [0.4, 0.5) is 0 Å².